The van der Waals surface area contributed by atoms with Crippen molar-refractivity contribution in [1.29, 1.82) is 0 Å². The Labute approximate surface area is 89.8 Å². The Bertz CT molecular complexity index is 195. The van der Waals surface area contributed by atoms with Crippen LogP contribution in [0, 0.1) is 0 Å². The maximum Gasteiger partial charge on any atom is 0.321 e. The molecule has 0 aliphatic heterocycles. The zero-order valence-electron chi connectivity index (χ0n) is 9.28. The molecule has 0 heterocycles. The van der Waals surface area contributed by atoms with Crippen molar-refractivity contribution >= 4 is 17.7 Å². The summed E-state index contributed by atoms with van der Waals surface area (Å²) >= 11 is 1.60. The summed E-state index contributed by atoms with van der Waals surface area (Å²) in [5, 5.41) is 8.78. The van der Waals surface area contributed by atoms with Gasteiger partial charge in [0.1, 0.15) is 6.04 Å². The smallest absolute Gasteiger partial charge is 0.321 e. The second-order valence-corrected chi connectivity index (χ2v) is 5.82. The van der Waals surface area contributed by atoms with Crippen molar-refractivity contribution in [2.45, 2.75) is 24.6 Å². The molecule has 0 saturated carbocycles. The van der Waals surface area contributed by atoms with Crippen molar-refractivity contribution in [3.63, 3.8) is 0 Å². The Morgan fingerprint density at radius 3 is 2.43 bits per heavy atom. The molecule has 0 radical (unpaired) electrons. The lowest BCUT2D eigenvalue weighted by atomic mass is 10.1. The van der Waals surface area contributed by atoms with E-state index in [9.17, 15) is 4.79 Å². The van der Waals surface area contributed by atoms with E-state index in [1.54, 1.807) is 11.8 Å². The highest BCUT2D eigenvalue weighted by molar-refractivity contribution is 8.00. The van der Waals surface area contributed by atoms with Gasteiger partial charge < -0.3 is 15.7 Å². The summed E-state index contributed by atoms with van der Waals surface area (Å²) in [6.45, 7) is 4.67. The highest BCUT2D eigenvalue weighted by atomic mass is 32.2. The number of carbonyl (C=O) groups is 1. The van der Waals surface area contributed by atoms with Gasteiger partial charge in [-0.05, 0) is 27.9 Å². The van der Waals surface area contributed by atoms with Crippen LogP contribution >= 0.6 is 11.8 Å². The van der Waals surface area contributed by atoms with E-state index in [4.69, 9.17) is 10.8 Å². The summed E-state index contributed by atoms with van der Waals surface area (Å²) in [5.41, 5.74) is 5.58. The predicted octanol–water partition coefficient (Wildman–Crippen LogP) is 0.472. The molecule has 0 aromatic carbocycles. The van der Waals surface area contributed by atoms with E-state index in [-0.39, 0.29) is 0 Å². The number of thioether (sulfide) groups is 1. The molecule has 0 amide bonds. The summed E-state index contributed by atoms with van der Waals surface area (Å²) in [7, 11) is 3.98. The lowest BCUT2D eigenvalue weighted by Crippen LogP contribution is -2.47. The van der Waals surface area contributed by atoms with Crippen LogP contribution in [0.15, 0.2) is 0 Å². The van der Waals surface area contributed by atoms with Crippen molar-refractivity contribution in [3.05, 3.63) is 0 Å². The Kier molecular flexibility index (Phi) is 5.48. The van der Waals surface area contributed by atoms with Crippen molar-refractivity contribution in [2.75, 3.05) is 26.4 Å². The highest BCUT2D eigenvalue weighted by Crippen LogP contribution is 2.27. The Hall–Kier alpha value is -0.260. The van der Waals surface area contributed by atoms with Gasteiger partial charge in [-0.25, -0.2) is 0 Å². The van der Waals surface area contributed by atoms with E-state index in [0.29, 0.717) is 0 Å². The third kappa shape index (κ3) is 4.83. The third-order valence-corrected chi connectivity index (χ3v) is 3.41. The molecule has 4 nitrogen and oxygen atoms in total. The monoisotopic (exact) mass is 220 g/mol. The van der Waals surface area contributed by atoms with E-state index in [2.05, 4.69) is 4.90 Å². The van der Waals surface area contributed by atoms with Gasteiger partial charge in [-0.3, -0.25) is 4.79 Å². The lowest BCUT2D eigenvalue weighted by Gasteiger charge is -2.28. The number of hydrogen-bond acceptors (Lipinski definition) is 4. The zero-order valence-corrected chi connectivity index (χ0v) is 10.1. The Balaban J connectivity index is 4.00. The molecule has 14 heavy (non-hydrogen) atoms. The van der Waals surface area contributed by atoms with E-state index >= 15 is 0 Å². The molecule has 0 unspecified atom stereocenters. The SMILES string of the molecule is CN(C)CCSC(C)(C)[C@H](N)C(=O)O. The number of rotatable bonds is 6. The molecule has 1 atom stereocenters. The molecule has 0 saturated heterocycles. The quantitative estimate of drug-likeness (QED) is 0.681. The van der Waals surface area contributed by atoms with Crippen LogP contribution in [-0.4, -0.2) is 53.2 Å². The summed E-state index contributed by atoms with van der Waals surface area (Å²) in [6, 6.07) is -0.810. The van der Waals surface area contributed by atoms with E-state index in [1.807, 2.05) is 27.9 Å². The minimum Gasteiger partial charge on any atom is -0.480 e. The first kappa shape index (κ1) is 13.7. The first-order chi connectivity index (χ1) is 6.27. The number of nitrogens with zero attached hydrogens (tertiary/aromatic N) is 1. The maximum absolute atomic E-state index is 10.7. The van der Waals surface area contributed by atoms with Gasteiger partial charge in [0, 0.05) is 17.0 Å². The van der Waals surface area contributed by atoms with Crippen molar-refractivity contribution in [1.82, 2.24) is 4.90 Å². The largest absolute Gasteiger partial charge is 0.480 e. The summed E-state index contributed by atoms with van der Waals surface area (Å²) in [5.74, 6) is -0.0478. The summed E-state index contributed by atoms with van der Waals surface area (Å²) in [6.07, 6.45) is 0. The topological polar surface area (TPSA) is 66.6 Å². The van der Waals surface area contributed by atoms with Crippen LogP contribution < -0.4 is 5.73 Å². The molecule has 0 aliphatic carbocycles. The van der Waals surface area contributed by atoms with E-state index in [0.717, 1.165) is 12.3 Å². The van der Waals surface area contributed by atoms with Gasteiger partial charge in [-0.1, -0.05) is 0 Å². The second-order valence-electron chi connectivity index (χ2n) is 4.07. The fourth-order valence-corrected chi connectivity index (χ4v) is 2.14. The molecule has 0 spiro atoms. The first-order valence-corrected chi connectivity index (χ1v) is 5.53. The van der Waals surface area contributed by atoms with Crippen molar-refractivity contribution in [2.24, 2.45) is 5.73 Å². The van der Waals surface area contributed by atoms with Crippen LogP contribution in [0.3, 0.4) is 0 Å². The average Bonchev–Trinajstić information content (AvgIpc) is 2.01. The normalized spacial score (nSPS) is 14.4. The van der Waals surface area contributed by atoms with Gasteiger partial charge in [0.15, 0.2) is 0 Å². The van der Waals surface area contributed by atoms with Gasteiger partial charge in [0.2, 0.25) is 0 Å². The Morgan fingerprint density at radius 1 is 1.57 bits per heavy atom. The average molecular weight is 220 g/mol. The molecule has 0 rings (SSSR count). The molecule has 5 heteroatoms. The Morgan fingerprint density at radius 2 is 2.07 bits per heavy atom. The third-order valence-electron chi connectivity index (χ3n) is 2.03. The molecular formula is C9H20N2O2S. The van der Waals surface area contributed by atoms with E-state index < -0.39 is 16.8 Å². The van der Waals surface area contributed by atoms with Crippen LogP contribution in [-0.2, 0) is 4.79 Å². The van der Waals surface area contributed by atoms with Crippen LogP contribution in [0.5, 0.6) is 0 Å². The zero-order chi connectivity index (χ0) is 11.4. The van der Waals surface area contributed by atoms with E-state index in [1.165, 1.54) is 0 Å². The molecular weight excluding hydrogens is 200 g/mol. The van der Waals surface area contributed by atoms with Gasteiger partial charge in [0.05, 0.1) is 0 Å². The van der Waals surface area contributed by atoms with Gasteiger partial charge in [0.25, 0.3) is 0 Å². The molecule has 3 N–H and O–H groups in total. The van der Waals surface area contributed by atoms with Crippen LogP contribution in [0.1, 0.15) is 13.8 Å². The molecule has 0 aromatic heterocycles. The molecule has 0 aliphatic rings. The molecule has 0 bridgehead atoms. The summed E-state index contributed by atoms with van der Waals surface area (Å²) < 4.78 is -0.415. The summed E-state index contributed by atoms with van der Waals surface area (Å²) in [4.78, 5) is 12.8. The van der Waals surface area contributed by atoms with Gasteiger partial charge in [-0.15, -0.1) is 0 Å². The molecule has 84 valence electrons. The number of carboxylic acids is 1. The maximum atomic E-state index is 10.7. The number of nitrogens with two attached hydrogens (primary N) is 1. The second kappa shape index (κ2) is 5.58. The molecule has 0 fully saturated rings. The number of hydrogen-bond donors (Lipinski definition) is 2. The standard InChI is InChI=1S/C9H20N2O2S/c1-9(2,7(10)8(12)13)14-6-5-11(3)4/h7H,5-6,10H2,1-4H3,(H,12,13)/t7-/m1/s1. The fraction of sp³-hybridized carbons (Fsp3) is 0.889. The minimum atomic E-state index is -0.938. The van der Waals surface area contributed by atoms with Crippen LogP contribution in [0.4, 0.5) is 0 Å². The highest BCUT2D eigenvalue weighted by Gasteiger charge is 2.32. The van der Waals surface area contributed by atoms with Crippen molar-refractivity contribution in [3.8, 4) is 0 Å². The van der Waals surface area contributed by atoms with Gasteiger partial charge >= 0.3 is 5.97 Å². The minimum absolute atomic E-state index is 0.415. The van der Waals surface area contributed by atoms with Crippen LogP contribution in [0.25, 0.3) is 0 Å². The lowest BCUT2D eigenvalue weighted by molar-refractivity contribution is -0.139. The molecule has 0 aromatic rings. The van der Waals surface area contributed by atoms with Gasteiger partial charge in [-0.2, -0.15) is 11.8 Å². The number of carboxylic acid groups (broad SMARTS) is 1. The van der Waals surface area contributed by atoms with Crippen molar-refractivity contribution < 1.29 is 9.90 Å². The fourth-order valence-electron chi connectivity index (χ4n) is 0.878. The van der Waals surface area contributed by atoms with Crippen LogP contribution in [0.2, 0.25) is 0 Å². The predicted molar refractivity (Wildman–Crippen MR) is 60.7 cm³/mol. The first-order valence-electron chi connectivity index (χ1n) is 4.54. The number of aliphatic carboxylic acids is 1.